The van der Waals surface area contributed by atoms with Gasteiger partial charge in [0, 0.05) is 11.8 Å². The molecule has 0 aliphatic carbocycles. The number of benzene rings is 2. The first-order valence-corrected chi connectivity index (χ1v) is 32.4. The molecule has 0 heterocycles. The number of rotatable bonds is 23. The SMILES string of the molecule is CS(C)(CCc1ccc(CCl)cc1)CC[SH](C)(C)(C)CCCCCCCCS(C)(C)CC[SH](C)(C)(C)CCc1ccc(CCl)cc1. The smallest absolute Gasteiger partial charge is 0.0474 e. The highest BCUT2D eigenvalue weighted by atomic mass is 35.5. The first-order chi connectivity index (χ1) is 21.2. The van der Waals surface area contributed by atoms with Gasteiger partial charge >= 0.3 is 0 Å². The Morgan fingerprint density at radius 2 is 0.783 bits per heavy atom. The molecule has 2 rings (SSSR count). The van der Waals surface area contributed by atoms with Gasteiger partial charge in [0.1, 0.15) is 0 Å². The van der Waals surface area contributed by atoms with Crippen LogP contribution in [0.2, 0.25) is 0 Å². The van der Waals surface area contributed by atoms with E-state index in [4.69, 9.17) is 23.2 Å². The molecule has 0 nitrogen and oxygen atoms in total. The molecule has 0 bridgehead atoms. The maximum atomic E-state index is 5.98. The predicted octanol–water partition coefficient (Wildman–Crippen LogP) is 11.3. The average molecular weight is 756 g/mol. The summed E-state index contributed by atoms with van der Waals surface area (Å²) in [7, 11) is -4.24. The second kappa shape index (κ2) is 18.1. The topological polar surface area (TPSA) is 0 Å². The van der Waals surface area contributed by atoms with Gasteiger partial charge in [-0.1, -0.05) is 74.2 Å². The first kappa shape index (κ1) is 42.6. The van der Waals surface area contributed by atoms with Crippen LogP contribution in [0.15, 0.2) is 48.5 Å². The van der Waals surface area contributed by atoms with Gasteiger partial charge < -0.3 is 0 Å². The van der Waals surface area contributed by atoms with Crippen LogP contribution >= 0.6 is 61.6 Å². The summed E-state index contributed by atoms with van der Waals surface area (Å²) in [5.74, 6) is 12.7. The van der Waals surface area contributed by atoms with E-state index in [2.05, 4.69) is 111 Å². The Morgan fingerprint density at radius 1 is 0.413 bits per heavy atom. The molecule has 0 N–H and O–H groups in total. The van der Waals surface area contributed by atoms with Gasteiger partial charge in [-0.15, -0.1) is 23.2 Å². The van der Waals surface area contributed by atoms with Crippen LogP contribution in [-0.2, 0) is 24.6 Å². The van der Waals surface area contributed by atoms with Gasteiger partial charge in [0.15, 0.2) is 0 Å². The second-order valence-electron chi connectivity index (χ2n) is 18.7. The average Bonchev–Trinajstić information content (AvgIpc) is 2.99. The first-order valence-electron chi connectivity index (χ1n) is 17.8. The number of halogens is 2. The third kappa shape index (κ3) is 18.4. The number of unbranched alkanes of at least 4 members (excludes halogenated alkanes) is 5. The van der Waals surface area contributed by atoms with Crippen molar-refractivity contribution in [3.63, 3.8) is 0 Å². The Morgan fingerprint density at radius 3 is 1.26 bits per heavy atom. The molecular formula is C40H76Cl2S4. The van der Waals surface area contributed by atoms with E-state index in [-0.39, 0.29) is 0 Å². The van der Waals surface area contributed by atoms with Crippen molar-refractivity contribution in [2.45, 2.75) is 63.1 Å². The third-order valence-corrected chi connectivity index (χ3v) is 24.6. The Bertz CT molecular complexity index is 1150. The Hall–Kier alpha value is 0.420. The zero-order valence-corrected chi connectivity index (χ0v) is 36.7. The Kier molecular flexibility index (Phi) is 16.7. The minimum absolute atomic E-state index is 0.491. The normalized spacial score (nSPS) is 15.6. The lowest BCUT2D eigenvalue weighted by Gasteiger charge is -2.54. The maximum absolute atomic E-state index is 5.98. The summed E-state index contributed by atoms with van der Waals surface area (Å²) in [5, 5.41) is 0. The molecule has 0 aliphatic heterocycles. The molecule has 6 heteroatoms. The molecule has 46 heavy (non-hydrogen) atoms. The van der Waals surface area contributed by atoms with Crippen molar-refractivity contribution < 1.29 is 0 Å². The van der Waals surface area contributed by atoms with E-state index in [9.17, 15) is 0 Å². The van der Waals surface area contributed by atoms with Crippen LogP contribution in [0.5, 0.6) is 0 Å². The van der Waals surface area contributed by atoms with Crippen LogP contribution in [0.4, 0.5) is 0 Å². The largest absolute Gasteiger partial charge is 0.289 e. The van der Waals surface area contributed by atoms with Gasteiger partial charge in [-0.2, -0.15) is 0 Å². The highest BCUT2D eigenvalue weighted by molar-refractivity contribution is 8.49. The molecule has 0 radical (unpaired) electrons. The van der Waals surface area contributed by atoms with Crippen molar-refractivity contribution in [2.24, 2.45) is 0 Å². The molecule has 0 amide bonds. The fraction of sp³-hybridized carbons (Fsp3) is 0.700. The highest BCUT2D eigenvalue weighted by Crippen LogP contribution is 2.62. The number of hydrogen-bond donors (Lipinski definition) is 2. The number of hydrogen-bond acceptors (Lipinski definition) is 0. The van der Waals surface area contributed by atoms with Gasteiger partial charge in [0.25, 0.3) is 0 Å². The number of alkyl halides is 2. The van der Waals surface area contributed by atoms with Crippen molar-refractivity contribution in [1.82, 2.24) is 0 Å². The monoisotopic (exact) mass is 754 g/mol. The van der Waals surface area contributed by atoms with E-state index in [0.717, 1.165) is 0 Å². The zero-order chi connectivity index (χ0) is 34.6. The lowest BCUT2D eigenvalue weighted by atomic mass is 10.1. The summed E-state index contributed by atoms with van der Waals surface area (Å²) >= 11 is 12.0. The summed E-state index contributed by atoms with van der Waals surface area (Å²) in [5.41, 5.74) is 5.39. The molecule has 0 aromatic heterocycles. The molecule has 0 atom stereocenters. The van der Waals surface area contributed by atoms with Crippen molar-refractivity contribution in [1.29, 1.82) is 0 Å². The Labute approximate surface area is 301 Å². The van der Waals surface area contributed by atoms with Crippen LogP contribution < -0.4 is 0 Å². The standard InChI is InChI=1S/C40H76Cl2S4/c1-43(2,29-34-46(8,9,10)32-26-38-19-23-40(36-42)24-20-38)27-15-13-11-12-14-16-31-45(5,6,7)33-30-44(3,4)28-25-37-17-21-39(35-41)22-18-37/h17-24,45-46H,11-16,25-36H2,1-10H3. The van der Waals surface area contributed by atoms with Crippen LogP contribution in [-0.4, -0.2) is 109 Å². The fourth-order valence-corrected chi connectivity index (χ4v) is 20.9. The minimum Gasteiger partial charge on any atom is -0.289 e. The fourth-order valence-electron chi connectivity index (χ4n) is 6.02. The summed E-state index contributed by atoms with van der Waals surface area (Å²) in [6.07, 6.45) is 37.3. The molecular weight excluding hydrogens is 680 g/mol. The number of aryl methyl sites for hydroxylation is 2. The summed E-state index contributed by atoms with van der Waals surface area (Å²) in [4.78, 5) is 0. The van der Waals surface area contributed by atoms with E-state index in [0.29, 0.717) is 11.8 Å². The molecule has 0 saturated heterocycles. The lowest BCUT2D eigenvalue weighted by Crippen LogP contribution is -2.27. The van der Waals surface area contributed by atoms with Gasteiger partial charge in [-0.25, -0.2) is 20.1 Å². The lowest BCUT2D eigenvalue weighted by molar-refractivity contribution is 0.627. The molecule has 2 aromatic carbocycles. The molecule has 0 aliphatic rings. The van der Waals surface area contributed by atoms with Crippen LogP contribution in [0, 0.1) is 0 Å². The molecule has 274 valence electrons. The van der Waals surface area contributed by atoms with Crippen molar-refractivity contribution in [3.05, 3.63) is 70.8 Å². The van der Waals surface area contributed by atoms with Gasteiger partial charge in [0.05, 0.1) is 0 Å². The van der Waals surface area contributed by atoms with Crippen LogP contribution in [0.1, 0.15) is 60.8 Å². The van der Waals surface area contributed by atoms with E-state index in [1.165, 1.54) is 120 Å². The summed E-state index contributed by atoms with van der Waals surface area (Å²) < 4.78 is 0. The molecule has 0 spiro atoms. The van der Waals surface area contributed by atoms with E-state index >= 15 is 0 Å². The Balaban J connectivity index is 1.61. The molecule has 2 aromatic rings. The van der Waals surface area contributed by atoms with Crippen molar-refractivity contribution in [2.75, 3.05) is 109 Å². The molecule has 0 saturated carbocycles. The van der Waals surface area contributed by atoms with E-state index in [1.54, 1.807) is 0 Å². The third-order valence-electron chi connectivity index (χ3n) is 10.4. The van der Waals surface area contributed by atoms with Crippen LogP contribution in [0.25, 0.3) is 0 Å². The van der Waals surface area contributed by atoms with E-state index < -0.39 is 38.4 Å². The molecule has 0 unspecified atom stereocenters. The van der Waals surface area contributed by atoms with Gasteiger partial charge in [-0.3, -0.25) is 18.3 Å². The van der Waals surface area contributed by atoms with Gasteiger partial charge in [0.2, 0.25) is 0 Å². The van der Waals surface area contributed by atoms with E-state index in [1.807, 2.05) is 0 Å². The summed E-state index contributed by atoms with van der Waals surface area (Å²) in [6.45, 7) is 0. The van der Waals surface area contributed by atoms with Crippen molar-refractivity contribution in [3.8, 4) is 0 Å². The van der Waals surface area contributed by atoms with Crippen LogP contribution in [0.3, 0.4) is 0 Å². The zero-order valence-electron chi connectivity index (χ0n) is 31.8. The molecule has 0 fully saturated rings. The second-order valence-corrected chi connectivity index (χ2v) is 43.6. The summed E-state index contributed by atoms with van der Waals surface area (Å²) in [6, 6.07) is 17.9. The minimum atomic E-state index is -1.63. The quantitative estimate of drug-likeness (QED) is 0.0630. The van der Waals surface area contributed by atoms with Gasteiger partial charge in [-0.05, 0) is 157 Å². The van der Waals surface area contributed by atoms with Crippen molar-refractivity contribution >= 4 is 61.6 Å². The highest BCUT2D eigenvalue weighted by Gasteiger charge is 2.28. The maximum Gasteiger partial charge on any atom is 0.0474 e. The predicted molar refractivity (Wildman–Crippen MR) is 238 cm³/mol. The number of thiol groups is 2.